The van der Waals surface area contributed by atoms with Crippen molar-refractivity contribution in [3.8, 4) is 5.75 Å². The maximum Gasteiger partial charge on any atom is 0.258 e. The minimum Gasteiger partial charge on any atom is -0.491 e. The summed E-state index contributed by atoms with van der Waals surface area (Å²) in [6.45, 7) is 3.65. The van der Waals surface area contributed by atoms with Crippen molar-refractivity contribution in [3.05, 3.63) is 95.6 Å². The lowest BCUT2D eigenvalue weighted by atomic mass is 9.93. The van der Waals surface area contributed by atoms with Gasteiger partial charge in [0, 0.05) is 24.9 Å². The lowest BCUT2D eigenvalue weighted by Crippen LogP contribution is -2.56. The van der Waals surface area contributed by atoms with E-state index in [1.807, 2.05) is 71.6 Å². The fourth-order valence-corrected chi connectivity index (χ4v) is 4.03. The van der Waals surface area contributed by atoms with Crippen molar-refractivity contribution >= 4 is 11.6 Å². The number of benzene rings is 3. The normalized spacial score (nSPS) is 17.7. The van der Waals surface area contributed by atoms with E-state index < -0.39 is 5.66 Å². The molecule has 3 aromatic carbocycles. The van der Waals surface area contributed by atoms with Crippen LogP contribution in [0.25, 0.3) is 0 Å². The third-order valence-electron chi connectivity index (χ3n) is 5.74. The van der Waals surface area contributed by atoms with Gasteiger partial charge in [0.15, 0.2) is 0 Å². The molecular weight excluding hydrogens is 388 g/mol. The standard InChI is InChI=1S/C26H28N2O3/c1-26(21-11-8-12-22(19-21)31-18-17-30-2)27-24-14-7-6-13-23(24)25(29)28(26)16-15-20-9-4-3-5-10-20/h3-14,19,27H,15-18H2,1-2H3. The number of ether oxygens (including phenoxy) is 2. The Morgan fingerprint density at radius 3 is 2.52 bits per heavy atom. The summed E-state index contributed by atoms with van der Waals surface area (Å²) < 4.78 is 10.9. The first-order valence-corrected chi connectivity index (χ1v) is 10.6. The van der Waals surface area contributed by atoms with Crippen LogP contribution in [-0.4, -0.2) is 37.7 Å². The van der Waals surface area contributed by atoms with Gasteiger partial charge in [-0.15, -0.1) is 0 Å². The van der Waals surface area contributed by atoms with E-state index in [1.54, 1.807) is 7.11 Å². The molecule has 160 valence electrons. The maximum atomic E-state index is 13.6. The summed E-state index contributed by atoms with van der Waals surface area (Å²) in [6, 6.07) is 25.9. The molecule has 4 rings (SSSR count). The van der Waals surface area contributed by atoms with Gasteiger partial charge in [-0.1, -0.05) is 54.6 Å². The Labute approximate surface area is 183 Å². The second-order valence-corrected chi connectivity index (χ2v) is 7.80. The number of para-hydroxylation sites is 1. The van der Waals surface area contributed by atoms with E-state index in [9.17, 15) is 4.79 Å². The van der Waals surface area contributed by atoms with Crippen molar-refractivity contribution in [1.29, 1.82) is 0 Å². The number of methoxy groups -OCH3 is 1. The van der Waals surface area contributed by atoms with Crippen LogP contribution < -0.4 is 10.1 Å². The summed E-state index contributed by atoms with van der Waals surface area (Å²) in [7, 11) is 1.65. The zero-order valence-electron chi connectivity index (χ0n) is 18.0. The highest BCUT2D eigenvalue weighted by Crippen LogP contribution is 2.38. The molecule has 0 aliphatic carbocycles. The number of rotatable bonds is 8. The van der Waals surface area contributed by atoms with Gasteiger partial charge in [-0.05, 0) is 43.2 Å². The highest BCUT2D eigenvalue weighted by atomic mass is 16.5. The number of nitrogens with one attached hydrogen (secondary N) is 1. The number of amides is 1. The van der Waals surface area contributed by atoms with E-state index in [0.717, 1.165) is 23.4 Å². The van der Waals surface area contributed by atoms with E-state index in [4.69, 9.17) is 9.47 Å². The highest BCUT2D eigenvalue weighted by Gasteiger charge is 2.42. The van der Waals surface area contributed by atoms with Crippen LogP contribution in [0.3, 0.4) is 0 Å². The molecule has 0 saturated heterocycles. The Bertz CT molecular complexity index is 1040. The maximum absolute atomic E-state index is 13.6. The second-order valence-electron chi connectivity index (χ2n) is 7.80. The lowest BCUT2D eigenvalue weighted by Gasteiger charge is -2.47. The van der Waals surface area contributed by atoms with Crippen LogP contribution >= 0.6 is 0 Å². The number of carbonyl (C=O) groups is 1. The first-order chi connectivity index (χ1) is 15.1. The Morgan fingerprint density at radius 1 is 0.935 bits per heavy atom. The van der Waals surface area contributed by atoms with Crippen molar-refractivity contribution in [2.45, 2.75) is 19.0 Å². The Kier molecular flexibility index (Phi) is 6.23. The quantitative estimate of drug-likeness (QED) is 0.541. The number of nitrogens with zero attached hydrogens (tertiary/aromatic N) is 1. The Hall–Kier alpha value is -3.31. The third-order valence-corrected chi connectivity index (χ3v) is 5.74. The van der Waals surface area contributed by atoms with Crippen molar-refractivity contribution in [1.82, 2.24) is 4.90 Å². The molecule has 0 radical (unpaired) electrons. The van der Waals surface area contributed by atoms with Gasteiger partial charge in [0.25, 0.3) is 5.91 Å². The minimum absolute atomic E-state index is 0.0264. The van der Waals surface area contributed by atoms with Crippen LogP contribution in [0.2, 0.25) is 0 Å². The topological polar surface area (TPSA) is 50.8 Å². The van der Waals surface area contributed by atoms with Crippen LogP contribution in [-0.2, 0) is 16.8 Å². The summed E-state index contributed by atoms with van der Waals surface area (Å²) in [5.41, 5.74) is 3.00. The summed E-state index contributed by atoms with van der Waals surface area (Å²) in [5.74, 6) is 0.783. The molecule has 5 heteroatoms. The smallest absolute Gasteiger partial charge is 0.258 e. The largest absolute Gasteiger partial charge is 0.491 e. The molecule has 0 spiro atoms. The monoisotopic (exact) mass is 416 g/mol. The highest BCUT2D eigenvalue weighted by molar-refractivity contribution is 6.02. The molecule has 1 N–H and O–H groups in total. The van der Waals surface area contributed by atoms with E-state index >= 15 is 0 Å². The van der Waals surface area contributed by atoms with Crippen LogP contribution in [0.15, 0.2) is 78.9 Å². The van der Waals surface area contributed by atoms with Gasteiger partial charge in [0.2, 0.25) is 0 Å². The number of fused-ring (bicyclic) bond motifs is 1. The third kappa shape index (κ3) is 4.42. The molecule has 31 heavy (non-hydrogen) atoms. The van der Waals surface area contributed by atoms with E-state index in [1.165, 1.54) is 5.56 Å². The fourth-order valence-electron chi connectivity index (χ4n) is 4.03. The number of carbonyl (C=O) groups excluding carboxylic acids is 1. The molecule has 1 unspecified atom stereocenters. The van der Waals surface area contributed by atoms with Crippen LogP contribution in [0, 0.1) is 0 Å². The van der Waals surface area contributed by atoms with Crippen LogP contribution in [0.1, 0.15) is 28.4 Å². The van der Waals surface area contributed by atoms with Crippen molar-refractivity contribution in [2.24, 2.45) is 0 Å². The molecule has 1 amide bonds. The SMILES string of the molecule is COCCOc1cccc(C2(C)Nc3ccccc3C(=O)N2CCc2ccccc2)c1. The average Bonchev–Trinajstić information content (AvgIpc) is 2.80. The summed E-state index contributed by atoms with van der Waals surface area (Å²) in [4.78, 5) is 15.5. The second kappa shape index (κ2) is 9.23. The first-order valence-electron chi connectivity index (χ1n) is 10.6. The lowest BCUT2D eigenvalue weighted by molar-refractivity contribution is 0.0538. The fraction of sp³-hybridized carbons (Fsp3) is 0.269. The van der Waals surface area contributed by atoms with E-state index in [-0.39, 0.29) is 5.91 Å². The zero-order chi connectivity index (χ0) is 21.7. The molecule has 5 nitrogen and oxygen atoms in total. The molecule has 0 bridgehead atoms. The summed E-state index contributed by atoms with van der Waals surface area (Å²) in [5, 5.41) is 3.63. The first kappa shape index (κ1) is 20.9. The Balaban J connectivity index is 1.68. The van der Waals surface area contributed by atoms with Crippen molar-refractivity contribution in [2.75, 3.05) is 32.2 Å². The number of hydrogen-bond donors (Lipinski definition) is 1. The molecule has 1 atom stereocenters. The van der Waals surface area contributed by atoms with Gasteiger partial charge in [-0.2, -0.15) is 0 Å². The van der Waals surface area contributed by atoms with Crippen molar-refractivity contribution in [3.63, 3.8) is 0 Å². The van der Waals surface area contributed by atoms with Gasteiger partial charge in [0.05, 0.1) is 12.2 Å². The molecule has 3 aromatic rings. The number of anilines is 1. The Morgan fingerprint density at radius 2 is 1.71 bits per heavy atom. The van der Waals surface area contributed by atoms with Gasteiger partial charge in [-0.25, -0.2) is 0 Å². The van der Waals surface area contributed by atoms with Gasteiger partial charge < -0.3 is 19.7 Å². The number of hydrogen-bond acceptors (Lipinski definition) is 4. The zero-order valence-corrected chi connectivity index (χ0v) is 18.0. The van der Waals surface area contributed by atoms with E-state index in [0.29, 0.717) is 25.3 Å². The molecule has 1 aliphatic rings. The van der Waals surface area contributed by atoms with Crippen molar-refractivity contribution < 1.29 is 14.3 Å². The van der Waals surface area contributed by atoms with Crippen LogP contribution in [0.5, 0.6) is 5.75 Å². The molecule has 0 fully saturated rings. The molecule has 1 aliphatic heterocycles. The molecular formula is C26H28N2O3. The summed E-state index contributed by atoms with van der Waals surface area (Å²) >= 11 is 0. The molecule has 0 aromatic heterocycles. The van der Waals surface area contributed by atoms with Gasteiger partial charge >= 0.3 is 0 Å². The predicted molar refractivity (Wildman–Crippen MR) is 122 cm³/mol. The van der Waals surface area contributed by atoms with Crippen LogP contribution in [0.4, 0.5) is 5.69 Å². The predicted octanol–water partition coefficient (Wildman–Crippen LogP) is 4.70. The average molecular weight is 417 g/mol. The molecule has 0 saturated carbocycles. The van der Waals surface area contributed by atoms with Gasteiger partial charge in [-0.3, -0.25) is 4.79 Å². The molecule has 1 heterocycles. The van der Waals surface area contributed by atoms with E-state index in [2.05, 4.69) is 24.4 Å². The van der Waals surface area contributed by atoms with Gasteiger partial charge in [0.1, 0.15) is 18.0 Å². The minimum atomic E-state index is -0.707. The summed E-state index contributed by atoms with van der Waals surface area (Å²) in [6.07, 6.45) is 0.774.